The summed E-state index contributed by atoms with van der Waals surface area (Å²) in [5, 5.41) is 19.2. The molecule has 21 heavy (non-hydrogen) atoms. The highest BCUT2D eigenvalue weighted by Gasteiger charge is 1.99. The Bertz CT molecular complexity index is 651. The molecule has 2 N–H and O–H groups in total. The smallest absolute Gasteiger partial charge is 0.124 e. The summed E-state index contributed by atoms with van der Waals surface area (Å²) in [6.07, 6.45) is 3.29. The standard InChI is InChI=1S/C17H18N2O2/c1-13(19-12-15-7-3-5-9-17(15)21)10-18-11-14-6-2-4-8-16(14)20/h2-9,11-13,20-21H,10H2,1H3/b18-11-,19-12+. The van der Waals surface area contributed by atoms with Crippen molar-refractivity contribution in [2.24, 2.45) is 9.98 Å². The summed E-state index contributed by atoms with van der Waals surface area (Å²) in [5.41, 5.74) is 1.38. The summed E-state index contributed by atoms with van der Waals surface area (Å²) in [6.45, 7) is 2.46. The number of benzene rings is 2. The van der Waals surface area contributed by atoms with Crippen molar-refractivity contribution >= 4 is 12.4 Å². The number of hydrogen-bond donors (Lipinski definition) is 2. The van der Waals surface area contributed by atoms with Crippen LogP contribution in [0.1, 0.15) is 18.1 Å². The van der Waals surface area contributed by atoms with Crippen LogP contribution in [0.3, 0.4) is 0 Å². The molecule has 108 valence electrons. The van der Waals surface area contributed by atoms with Gasteiger partial charge in [-0.2, -0.15) is 0 Å². The monoisotopic (exact) mass is 282 g/mol. The van der Waals surface area contributed by atoms with Crippen LogP contribution in [0.5, 0.6) is 11.5 Å². The van der Waals surface area contributed by atoms with E-state index in [0.29, 0.717) is 17.7 Å². The fourth-order valence-electron chi connectivity index (χ4n) is 1.75. The molecule has 4 heteroatoms. The zero-order valence-corrected chi connectivity index (χ0v) is 11.8. The Kier molecular flexibility index (Phi) is 5.10. The van der Waals surface area contributed by atoms with Crippen molar-refractivity contribution in [3.8, 4) is 11.5 Å². The molecular formula is C17H18N2O2. The summed E-state index contributed by atoms with van der Waals surface area (Å²) in [6, 6.07) is 14.1. The number of para-hydroxylation sites is 2. The number of aliphatic imine (C=N–C) groups is 2. The van der Waals surface area contributed by atoms with E-state index in [2.05, 4.69) is 9.98 Å². The van der Waals surface area contributed by atoms with Crippen molar-refractivity contribution < 1.29 is 10.2 Å². The molecule has 0 spiro atoms. The lowest BCUT2D eigenvalue weighted by Gasteiger charge is -2.03. The van der Waals surface area contributed by atoms with Crippen molar-refractivity contribution in [3.05, 3.63) is 59.7 Å². The molecule has 0 heterocycles. The lowest BCUT2D eigenvalue weighted by atomic mass is 10.2. The van der Waals surface area contributed by atoms with E-state index < -0.39 is 0 Å². The summed E-state index contributed by atoms with van der Waals surface area (Å²) >= 11 is 0. The largest absolute Gasteiger partial charge is 0.507 e. The van der Waals surface area contributed by atoms with E-state index in [1.54, 1.807) is 48.8 Å². The number of hydrogen-bond acceptors (Lipinski definition) is 4. The van der Waals surface area contributed by atoms with E-state index in [9.17, 15) is 10.2 Å². The zero-order chi connectivity index (χ0) is 15.1. The quantitative estimate of drug-likeness (QED) is 0.828. The lowest BCUT2D eigenvalue weighted by Crippen LogP contribution is -2.04. The lowest BCUT2D eigenvalue weighted by molar-refractivity contribution is 0.474. The second kappa shape index (κ2) is 7.24. The number of aromatic hydroxyl groups is 2. The van der Waals surface area contributed by atoms with Crippen LogP contribution in [0.25, 0.3) is 0 Å². The van der Waals surface area contributed by atoms with Crippen LogP contribution in [-0.4, -0.2) is 35.2 Å². The minimum absolute atomic E-state index is 0.00767. The van der Waals surface area contributed by atoms with Gasteiger partial charge in [0.1, 0.15) is 11.5 Å². The van der Waals surface area contributed by atoms with Crippen LogP contribution >= 0.6 is 0 Å². The molecule has 0 aliphatic carbocycles. The Morgan fingerprint density at radius 3 is 2.00 bits per heavy atom. The minimum Gasteiger partial charge on any atom is -0.507 e. The van der Waals surface area contributed by atoms with Gasteiger partial charge in [0, 0.05) is 23.6 Å². The van der Waals surface area contributed by atoms with Crippen molar-refractivity contribution in [1.29, 1.82) is 0 Å². The maximum absolute atomic E-state index is 9.63. The number of rotatable bonds is 5. The molecule has 4 nitrogen and oxygen atoms in total. The minimum atomic E-state index is -0.00767. The highest BCUT2D eigenvalue weighted by atomic mass is 16.3. The van der Waals surface area contributed by atoms with Crippen LogP contribution in [-0.2, 0) is 0 Å². The second-order valence-electron chi connectivity index (χ2n) is 4.74. The number of phenolic OH excluding ortho intramolecular Hbond substituents is 2. The molecule has 2 aromatic rings. The first-order chi connectivity index (χ1) is 10.2. The molecule has 0 bridgehead atoms. The fourth-order valence-corrected chi connectivity index (χ4v) is 1.75. The van der Waals surface area contributed by atoms with Gasteiger partial charge in [-0.05, 0) is 31.2 Å². The molecule has 0 aromatic heterocycles. The van der Waals surface area contributed by atoms with Gasteiger partial charge in [-0.15, -0.1) is 0 Å². The third kappa shape index (κ3) is 4.45. The summed E-state index contributed by atoms with van der Waals surface area (Å²) in [5.74, 6) is 0.428. The Morgan fingerprint density at radius 2 is 1.43 bits per heavy atom. The van der Waals surface area contributed by atoms with Crippen LogP contribution in [0.4, 0.5) is 0 Å². The third-order valence-electron chi connectivity index (χ3n) is 2.94. The first-order valence-electron chi connectivity index (χ1n) is 6.76. The molecule has 0 radical (unpaired) electrons. The van der Waals surface area contributed by atoms with Gasteiger partial charge in [0.25, 0.3) is 0 Å². The van der Waals surface area contributed by atoms with E-state index in [4.69, 9.17) is 0 Å². The first kappa shape index (κ1) is 14.8. The zero-order valence-electron chi connectivity index (χ0n) is 11.8. The normalized spacial score (nSPS) is 13.0. The average Bonchev–Trinajstić information content (AvgIpc) is 2.48. The predicted molar refractivity (Wildman–Crippen MR) is 85.7 cm³/mol. The van der Waals surface area contributed by atoms with Crippen LogP contribution in [0, 0.1) is 0 Å². The van der Waals surface area contributed by atoms with Crippen LogP contribution in [0.15, 0.2) is 58.5 Å². The molecule has 0 fully saturated rings. The average molecular weight is 282 g/mol. The van der Waals surface area contributed by atoms with Crippen molar-refractivity contribution in [3.63, 3.8) is 0 Å². The molecule has 0 saturated heterocycles. The fraction of sp³-hybridized carbons (Fsp3) is 0.176. The Hall–Kier alpha value is -2.62. The van der Waals surface area contributed by atoms with Gasteiger partial charge >= 0.3 is 0 Å². The molecule has 2 aromatic carbocycles. The summed E-state index contributed by atoms with van der Waals surface area (Å²) in [7, 11) is 0. The van der Waals surface area contributed by atoms with Gasteiger partial charge in [-0.3, -0.25) is 9.98 Å². The highest BCUT2D eigenvalue weighted by Crippen LogP contribution is 2.14. The molecule has 0 aliphatic heterocycles. The molecule has 0 saturated carbocycles. The summed E-state index contributed by atoms with van der Waals surface area (Å²) < 4.78 is 0. The van der Waals surface area contributed by atoms with Gasteiger partial charge in [0.05, 0.1) is 12.6 Å². The third-order valence-corrected chi connectivity index (χ3v) is 2.94. The molecular weight excluding hydrogens is 264 g/mol. The first-order valence-corrected chi connectivity index (χ1v) is 6.76. The molecule has 0 aliphatic rings. The van der Waals surface area contributed by atoms with Crippen molar-refractivity contribution in [1.82, 2.24) is 0 Å². The topological polar surface area (TPSA) is 65.2 Å². The SMILES string of the molecule is CC(C/N=C\c1ccccc1O)/N=C/c1ccccc1O. The van der Waals surface area contributed by atoms with Gasteiger partial charge in [0.15, 0.2) is 0 Å². The van der Waals surface area contributed by atoms with E-state index in [0.717, 1.165) is 0 Å². The van der Waals surface area contributed by atoms with E-state index >= 15 is 0 Å². The Balaban J connectivity index is 1.92. The summed E-state index contributed by atoms with van der Waals surface area (Å²) in [4.78, 5) is 8.62. The molecule has 1 unspecified atom stereocenters. The Labute approximate surface area is 124 Å². The highest BCUT2D eigenvalue weighted by molar-refractivity contribution is 5.84. The molecule has 1 atom stereocenters. The van der Waals surface area contributed by atoms with Crippen molar-refractivity contribution in [2.75, 3.05) is 6.54 Å². The molecule has 0 amide bonds. The maximum Gasteiger partial charge on any atom is 0.124 e. The van der Waals surface area contributed by atoms with E-state index in [1.165, 1.54) is 0 Å². The van der Waals surface area contributed by atoms with Crippen LogP contribution in [0.2, 0.25) is 0 Å². The van der Waals surface area contributed by atoms with Crippen LogP contribution < -0.4 is 0 Å². The van der Waals surface area contributed by atoms with Gasteiger partial charge in [-0.25, -0.2) is 0 Å². The Morgan fingerprint density at radius 1 is 0.905 bits per heavy atom. The maximum atomic E-state index is 9.63. The number of phenols is 2. The van der Waals surface area contributed by atoms with Gasteiger partial charge in [-0.1, -0.05) is 24.3 Å². The van der Waals surface area contributed by atoms with Gasteiger partial charge < -0.3 is 10.2 Å². The molecule has 2 rings (SSSR count). The second-order valence-corrected chi connectivity index (χ2v) is 4.74. The van der Waals surface area contributed by atoms with E-state index in [-0.39, 0.29) is 17.5 Å². The van der Waals surface area contributed by atoms with Gasteiger partial charge in [0.2, 0.25) is 0 Å². The number of nitrogens with zero attached hydrogens (tertiary/aromatic N) is 2. The van der Waals surface area contributed by atoms with Crippen molar-refractivity contribution in [2.45, 2.75) is 13.0 Å². The van der Waals surface area contributed by atoms with E-state index in [1.807, 2.05) is 19.1 Å². The predicted octanol–water partition coefficient (Wildman–Crippen LogP) is 3.02.